The second kappa shape index (κ2) is 5.98. The highest BCUT2D eigenvalue weighted by Gasteiger charge is 2.31. The predicted molar refractivity (Wildman–Crippen MR) is 80.1 cm³/mol. The molecule has 1 saturated carbocycles. The number of rotatable bonds is 4. The number of piperidine rings is 1. The summed E-state index contributed by atoms with van der Waals surface area (Å²) in [5.41, 5.74) is 0.395. The van der Waals surface area contributed by atoms with Crippen molar-refractivity contribution in [3.8, 4) is 5.88 Å². The van der Waals surface area contributed by atoms with Gasteiger partial charge < -0.3 is 14.2 Å². The molecule has 23 heavy (non-hydrogen) atoms. The van der Waals surface area contributed by atoms with Crippen LogP contribution in [0.3, 0.4) is 0 Å². The van der Waals surface area contributed by atoms with E-state index in [1.807, 2.05) is 0 Å². The van der Waals surface area contributed by atoms with Crippen LogP contribution in [-0.4, -0.2) is 45.4 Å². The third-order valence-electron chi connectivity index (χ3n) is 4.23. The van der Waals surface area contributed by atoms with Crippen molar-refractivity contribution in [1.82, 2.24) is 20.3 Å². The number of aromatic nitrogens is 3. The fourth-order valence-corrected chi connectivity index (χ4v) is 2.85. The number of ether oxygens (including phenoxy) is 1. The van der Waals surface area contributed by atoms with Crippen molar-refractivity contribution in [3.05, 3.63) is 35.9 Å². The lowest BCUT2D eigenvalue weighted by Gasteiger charge is -2.31. The Hall–Kier alpha value is -2.44. The summed E-state index contributed by atoms with van der Waals surface area (Å²) in [5, 5.41) is 11.7. The lowest BCUT2D eigenvalue weighted by Crippen LogP contribution is -2.44. The summed E-state index contributed by atoms with van der Waals surface area (Å²) in [4.78, 5) is 14.4. The van der Waals surface area contributed by atoms with Gasteiger partial charge in [-0.05, 0) is 31.7 Å². The molecule has 1 aliphatic heterocycles. The number of amides is 1. The van der Waals surface area contributed by atoms with E-state index in [4.69, 9.17) is 9.26 Å². The number of hydrogen-bond donors (Lipinski definition) is 0. The maximum atomic E-state index is 12.6. The largest absolute Gasteiger partial charge is 0.471 e. The van der Waals surface area contributed by atoms with Crippen molar-refractivity contribution >= 4 is 5.91 Å². The van der Waals surface area contributed by atoms with E-state index in [9.17, 15) is 4.79 Å². The number of carbonyl (C=O) groups is 1. The van der Waals surface area contributed by atoms with E-state index in [-0.39, 0.29) is 12.0 Å². The fourth-order valence-electron chi connectivity index (χ4n) is 2.85. The van der Waals surface area contributed by atoms with E-state index >= 15 is 0 Å². The van der Waals surface area contributed by atoms with Crippen molar-refractivity contribution in [2.75, 3.05) is 13.1 Å². The highest BCUT2D eigenvalue weighted by atomic mass is 16.5. The van der Waals surface area contributed by atoms with Gasteiger partial charge in [-0.2, -0.15) is 5.10 Å². The van der Waals surface area contributed by atoms with Crippen LogP contribution in [0.1, 0.15) is 47.8 Å². The molecule has 2 fully saturated rings. The van der Waals surface area contributed by atoms with E-state index in [2.05, 4.69) is 15.4 Å². The van der Waals surface area contributed by atoms with Gasteiger partial charge in [0.1, 0.15) is 11.9 Å². The molecule has 4 rings (SSSR count). The van der Waals surface area contributed by atoms with Gasteiger partial charge in [-0.3, -0.25) is 4.79 Å². The first-order chi connectivity index (χ1) is 11.3. The van der Waals surface area contributed by atoms with Crippen LogP contribution in [-0.2, 0) is 0 Å². The Morgan fingerprint density at radius 2 is 2.26 bits per heavy atom. The van der Waals surface area contributed by atoms with Crippen LogP contribution in [0.15, 0.2) is 28.9 Å². The standard InChI is InChI=1S/C16H18N4O3/c21-16(13-9-14(23-19-13)11-5-6-11)20-8-2-3-12(10-20)22-15-4-1-7-17-18-15/h1,4,7,9,11-12H,2-3,5-6,8,10H2. The molecule has 0 spiro atoms. The van der Waals surface area contributed by atoms with Crippen molar-refractivity contribution in [3.63, 3.8) is 0 Å². The zero-order chi connectivity index (χ0) is 15.6. The van der Waals surface area contributed by atoms with Gasteiger partial charge in [0.05, 0.1) is 6.54 Å². The molecule has 1 saturated heterocycles. The first-order valence-electron chi connectivity index (χ1n) is 8.00. The fraction of sp³-hybridized carbons (Fsp3) is 0.500. The zero-order valence-electron chi connectivity index (χ0n) is 12.7. The van der Waals surface area contributed by atoms with Gasteiger partial charge in [0.15, 0.2) is 5.69 Å². The van der Waals surface area contributed by atoms with Gasteiger partial charge >= 0.3 is 0 Å². The number of nitrogens with zero attached hydrogens (tertiary/aromatic N) is 4. The SMILES string of the molecule is O=C(c1cc(C2CC2)on1)N1CCCC(Oc2cccnn2)C1. The van der Waals surface area contributed by atoms with Crippen molar-refractivity contribution in [2.24, 2.45) is 0 Å². The molecule has 2 aromatic rings. The minimum atomic E-state index is -0.0897. The molecule has 3 heterocycles. The molecule has 1 amide bonds. The summed E-state index contributed by atoms with van der Waals surface area (Å²) in [7, 11) is 0. The van der Waals surface area contributed by atoms with Gasteiger partial charge in [0, 0.05) is 30.8 Å². The minimum Gasteiger partial charge on any atom is -0.471 e. The molecule has 0 radical (unpaired) electrons. The molecule has 7 heteroatoms. The minimum absolute atomic E-state index is 0.0702. The molecular weight excluding hydrogens is 296 g/mol. The van der Waals surface area contributed by atoms with Crippen LogP contribution in [0, 0.1) is 0 Å². The topological polar surface area (TPSA) is 81.4 Å². The second-order valence-electron chi connectivity index (χ2n) is 6.08. The van der Waals surface area contributed by atoms with Crippen molar-refractivity contribution in [1.29, 1.82) is 0 Å². The first-order valence-corrected chi connectivity index (χ1v) is 8.00. The van der Waals surface area contributed by atoms with Crippen LogP contribution in [0.4, 0.5) is 0 Å². The molecule has 1 atom stereocenters. The number of likely N-dealkylation sites (tertiary alicyclic amines) is 1. The molecule has 0 bridgehead atoms. The Labute approximate surface area is 133 Å². The summed E-state index contributed by atoms with van der Waals surface area (Å²) >= 11 is 0. The molecule has 7 nitrogen and oxygen atoms in total. The summed E-state index contributed by atoms with van der Waals surface area (Å²) in [6.07, 6.45) is 5.57. The smallest absolute Gasteiger partial charge is 0.276 e. The van der Waals surface area contributed by atoms with Crippen molar-refractivity contribution in [2.45, 2.75) is 37.7 Å². The Morgan fingerprint density at radius 1 is 1.35 bits per heavy atom. The Balaban J connectivity index is 1.40. The summed E-state index contributed by atoms with van der Waals surface area (Å²) in [6.45, 7) is 1.24. The first kappa shape index (κ1) is 14.2. The summed E-state index contributed by atoms with van der Waals surface area (Å²) in [6, 6.07) is 5.34. The lowest BCUT2D eigenvalue weighted by atomic mass is 10.1. The average Bonchev–Trinajstić information content (AvgIpc) is 3.33. The molecule has 1 unspecified atom stereocenters. The maximum Gasteiger partial charge on any atom is 0.276 e. The number of carbonyl (C=O) groups excluding carboxylic acids is 1. The number of hydrogen-bond acceptors (Lipinski definition) is 6. The lowest BCUT2D eigenvalue weighted by molar-refractivity contribution is 0.0516. The normalized spacial score (nSPS) is 21.2. The molecule has 120 valence electrons. The quantitative estimate of drug-likeness (QED) is 0.859. The Morgan fingerprint density at radius 3 is 3.04 bits per heavy atom. The summed E-state index contributed by atoms with van der Waals surface area (Å²) in [5.74, 6) is 1.69. The third-order valence-corrected chi connectivity index (χ3v) is 4.23. The van der Waals surface area contributed by atoms with Crippen LogP contribution < -0.4 is 4.74 Å². The summed E-state index contributed by atoms with van der Waals surface area (Å²) < 4.78 is 11.1. The highest BCUT2D eigenvalue weighted by molar-refractivity contribution is 5.92. The molecular formula is C16H18N4O3. The molecule has 1 aliphatic carbocycles. The second-order valence-corrected chi connectivity index (χ2v) is 6.08. The van der Waals surface area contributed by atoms with Gasteiger partial charge in [-0.15, -0.1) is 5.10 Å². The monoisotopic (exact) mass is 314 g/mol. The van der Waals surface area contributed by atoms with Crippen LogP contribution in [0.2, 0.25) is 0 Å². The van der Waals surface area contributed by atoms with Crippen LogP contribution in [0.5, 0.6) is 5.88 Å². The van der Waals surface area contributed by atoms with E-state index in [1.54, 1.807) is 29.3 Å². The predicted octanol–water partition coefficient (Wildman–Crippen LogP) is 2.03. The molecule has 2 aromatic heterocycles. The van der Waals surface area contributed by atoms with Gasteiger partial charge in [0.25, 0.3) is 5.91 Å². The van der Waals surface area contributed by atoms with Crippen molar-refractivity contribution < 1.29 is 14.1 Å². The highest BCUT2D eigenvalue weighted by Crippen LogP contribution is 2.40. The molecule has 0 aromatic carbocycles. The van der Waals surface area contributed by atoms with E-state index in [0.717, 1.165) is 31.4 Å². The van der Waals surface area contributed by atoms with E-state index in [1.165, 1.54) is 0 Å². The maximum absolute atomic E-state index is 12.6. The van der Waals surface area contributed by atoms with Crippen LogP contribution in [0.25, 0.3) is 0 Å². The van der Waals surface area contributed by atoms with Gasteiger partial charge in [-0.25, -0.2) is 0 Å². The van der Waals surface area contributed by atoms with Crippen LogP contribution >= 0.6 is 0 Å². The third kappa shape index (κ3) is 3.18. The van der Waals surface area contributed by atoms with Gasteiger partial charge in [-0.1, -0.05) is 5.16 Å². The Bertz CT molecular complexity index is 684. The molecule has 2 aliphatic rings. The van der Waals surface area contributed by atoms with E-state index in [0.29, 0.717) is 30.6 Å². The van der Waals surface area contributed by atoms with Gasteiger partial charge in [0.2, 0.25) is 5.88 Å². The average molecular weight is 314 g/mol. The zero-order valence-corrected chi connectivity index (χ0v) is 12.7. The van der Waals surface area contributed by atoms with E-state index < -0.39 is 0 Å². The Kier molecular flexibility index (Phi) is 3.69. The molecule has 0 N–H and O–H groups in total.